The number of cyclic esters (lactones) is 1. The van der Waals surface area contributed by atoms with E-state index in [1.807, 2.05) is 32.9 Å². The molecular weight excluding hydrogens is 542 g/mol. The summed E-state index contributed by atoms with van der Waals surface area (Å²) in [7, 11) is 0. The van der Waals surface area contributed by atoms with E-state index in [2.05, 4.69) is 53.8 Å². The Labute approximate surface area is 253 Å². The maximum absolute atomic E-state index is 13.2. The predicted octanol–water partition coefficient (Wildman–Crippen LogP) is 8.65. The Hall–Kier alpha value is -1.64. The summed E-state index contributed by atoms with van der Waals surface area (Å²) in [5, 5.41) is 11.1. The monoisotopic (exact) mass is 597 g/mol. The zero-order valence-electron chi connectivity index (χ0n) is 26.3. The van der Waals surface area contributed by atoms with E-state index < -0.39 is 11.6 Å². The first kappa shape index (κ1) is 38.4. The second kappa shape index (κ2) is 18.7. The first-order valence-corrected chi connectivity index (χ1v) is 16.0. The van der Waals surface area contributed by atoms with E-state index in [4.69, 9.17) is 20.0 Å². The maximum Gasteiger partial charge on any atom is 0.349 e. The molecule has 6 nitrogen and oxygen atoms in total. The number of ether oxygens (including phenoxy) is 2. The first-order valence-electron chi connectivity index (χ1n) is 14.5. The molecule has 1 aliphatic heterocycles. The van der Waals surface area contributed by atoms with Crippen molar-refractivity contribution in [1.29, 1.82) is 0 Å². The van der Waals surface area contributed by atoms with Crippen molar-refractivity contribution < 1.29 is 24.2 Å². The van der Waals surface area contributed by atoms with E-state index in [9.17, 15) is 9.90 Å². The summed E-state index contributed by atoms with van der Waals surface area (Å²) >= 11 is 5.33. The van der Waals surface area contributed by atoms with Crippen molar-refractivity contribution in [3.8, 4) is 0 Å². The Balaban J connectivity index is 0.00000284. The van der Waals surface area contributed by atoms with Gasteiger partial charge in [-0.15, -0.1) is 12.6 Å². The molecule has 3 N–H and O–H groups in total. The smallest absolute Gasteiger partial charge is 0.349 e. The van der Waals surface area contributed by atoms with Crippen LogP contribution in [0, 0.1) is 17.3 Å². The van der Waals surface area contributed by atoms with Crippen molar-refractivity contribution in [2.24, 2.45) is 23.0 Å². The molecule has 1 fully saturated rings. The van der Waals surface area contributed by atoms with E-state index in [1.165, 1.54) is 18.7 Å². The van der Waals surface area contributed by atoms with E-state index in [-0.39, 0.29) is 27.9 Å². The molecule has 2 rings (SSSR count). The van der Waals surface area contributed by atoms with Crippen molar-refractivity contribution in [2.45, 2.75) is 119 Å². The van der Waals surface area contributed by atoms with Gasteiger partial charge in [0.15, 0.2) is 0 Å². The van der Waals surface area contributed by atoms with Crippen LogP contribution in [0.5, 0.6) is 0 Å². The van der Waals surface area contributed by atoms with Crippen LogP contribution >= 0.6 is 24.4 Å². The largest absolute Gasteiger partial charge is 0.511 e. The van der Waals surface area contributed by atoms with Crippen molar-refractivity contribution in [3.63, 3.8) is 0 Å². The lowest BCUT2D eigenvalue weighted by atomic mass is 9.76. The number of carbonyl (C=O) groups is 2. The molecular formula is C32H55NO5S2. The molecule has 230 valence electrons. The van der Waals surface area contributed by atoms with Crippen molar-refractivity contribution in [3.05, 3.63) is 45.6 Å². The lowest BCUT2D eigenvalue weighted by molar-refractivity contribution is -0.165. The fourth-order valence-corrected chi connectivity index (χ4v) is 6.03. The normalized spacial score (nSPS) is 23.9. The molecule has 2 aliphatic rings. The molecule has 40 heavy (non-hydrogen) atoms. The van der Waals surface area contributed by atoms with Crippen LogP contribution in [-0.2, 0) is 19.1 Å². The Morgan fingerprint density at radius 1 is 1.25 bits per heavy atom. The standard InChI is InChI=1S/C28H45NO4S2.C2H4O.C2H6/c1-8-22(32-17-34)15-23(27(5,6)7)19(4)35-25-24(30)16-28(18(2)3,33-26(25)31)14-13-20-9-11-21(29)12-10-20;1-2-3;1-2/h8,15,18,20-21,30,34H,4,9-14,16-17,29H2,1-3,5-7H3;2H,1H3;1-2H3/b22-8-,23-15+;;. The number of carbonyl (C=O) groups excluding carboxylic acids is 2. The van der Waals surface area contributed by atoms with Gasteiger partial charge in [-0.05, 0) is 87.3 Å². The Morgan fingerprint density at radius 3 is 2.23 bits per heavy atom. The van der Waals surface area contributed by atoms with Crippen LogP contribution < -0.4 is 5.73 Å². The highest BCUT2D eigenvalue weighted by Crippen LogP contribution is 2.46. The number of esters is 1. The molecule has 1 atom stereocenters. The number of aldehydes is 1. The zero-order valence-corrected chi connectivity index (χ0v) is 28.1. The second-order valence-electron chi connectivity index (χ2n) is 11.4. The third-order valence-electron chi connectivity index (χ3n) is 7.27. The summed E-state index contributed by atoms with van der Waals surface area (Å²) < 4.78 is 11.7. The highest BCUT2D eigenvalue weighted by atomic mass is 32.2. The van der Waals surface area contributed by atoms with Crippen LogP contribution in [0.1, 0.15) is 107 Å². The molecule has 0 spiro atoms. The number of allylic oxidation sites excluding steroid dienone is 3. The predicted molar refractivity (Wildman–Crippen MR) is 173 cm³/mol. The fourth-order valence-electron chi connectivity index (χ4n) is 4.84. The van der Waals surface area contributed by atoms with Crippen LogP contribution in [0.3, 0.4) is 0 Å². The van der Waals surface area contributed by atoms with E-state index in [0.717, 1.165) is 50.4 Å². The topological polar surface area (TPSA) is 98.9 Å². The van der Waals surface area contributed by atoms with E-state index >= 15 is 0 Å². The molecule has 0 bridgehead atoms. The molecule has 0 aromatic heterocycles. The van der Waals surface area contributed by atoms with Gasteiger partial charge in [0.2, 0.25) is 0 Å². The number of thiol groups is 1. The number of aliphatic hydroxyl groups excluding tert-OH is 1. The molecule has 0 radical (unpaired) electrons. The minimum atomic E-state index is -0.687. The minimum Gasteiger partial charge on any atom is -0.511 e. The summed E-state index contributed by atoms with van der Waals surface area (Å²) in [5.74, 6) is 1.26. The highest BCUT2D eigenvalue weighted by Gasteiger charge is 2.45. The second-order valence-corrected chi connectivity index (χ2v) is 12.8. The summed E-state index contributed by atoms with van der Waals surface area (Å²) in [6.45, 7) is 21.9. The summed E-state index contributed by atoms with van der Waals surface area (Å²) in [6.07, 6.45) is 11.0. The molecule has 0 amide bonds. The minimum absolute atomic E-state index is 0.0925. The SMILES string of the molecule is C=C(SC1=C(O)CC(CCC2CCC(N)CC2)(C(C)C)OC1=O)/C(=C\C(=C\C)OCS)C(C)(C)C.CC.CC=O. The average Bonchev–Trinajstić information content (AvgIpc) is 2.89. The third kappa shape index (κ3) is 12.1. The fraction of sp³-hybridized carbons (Fsp3) is 0.688. The Kier molecular flexibility index (Phi) is 18.0. The lowest BCUT2D eigenvalue weighted by Crippen LogP contribution is -2.44. The van der Waals surface area contributed by atoms with Gasteiger partial charge in [-0.3, -0.25) is 0 Å². The lowest BCUT2D eigenvalue weighted by Gasteiger charge is -2.41. The molecule has 1 unspecified atom stereocenters. The molecule has 1 heterocycles. The number of hydrogen-bond donors (Lipinski definition) is 3. The van der Waals surface area contributed by atoms with Gasteiger partial charge in [0, 0.05) is 17.4 Å². The Morgan fingerprint density at radius 2 is 1.80 bits per heavy atom. The van der Waals surface area contributed by atoms with Gasteiger partial charge in [-0.1, -0.05) is 66.8 Å². The molecule has 0 aromatic carbocycles. The van der Waals surface area contributed by atoms with Crippen molar-refractivity contribution in [2.75, 3.05) is 5.94 Å². The van der Waals surface area contributed by atoms with Crippen LogP contribution in [0.4, 0.5) is 0 Å². The molecule has 0 aromatic rings. The molecule has 1 aliphatic carbocycles. The van der Waals surface area contributed by atoms with Crippen molar-refractivity contribution >= 4 is 36.6 Å². The van der Waals surface area contributed by atoms with Gasteiger partial charge in [-0.25, -0.2) is 4.79 Å². The third-order valence-corrected chi connectivity index (χ3v) is 8.47. The van der Waals surface area contributed by atoms with Crippen LogP contribution in [-0.4, -0.2) is 34.9 Å². The molecule has 0 saturated heterocycles. The molecule has 8 heteroatoms. The van der Waals surface area contributed by atoms with Gasteiger partial charge in [0.25, 0.3) is 0 Å². The van der Waals surface area contributed by atoms with Crippen molar-refractivity contribution in [1.82, 2.24) is 0 Å². The number of aliphatic hydroxyl groups is 1. The molecule has 1 saturated carbocycles. The number of rotatable bonds is 10. The number of thioether (sulfide) groups is 1. The van der Waals surface area contributed by atoms with E-state index in [0.29, 0.717) is 29.0 Å². The maximum atomic E-state index is 13.2. The van der Waals surface area contributed by atoms with E-state index in [1.54, 1.807) is 0 Å². The summed E-state index contributed by atoms with van der Waals surface area (Å²) in [5.41, 5.74) is 6.04. The van der Waals surface area contributed by atoms with Crippen LogP contribution in [0.25, 0.3) is 0 Å². The number of nitrogens with two attached hydrogens (primary N) is 1. The summed E-state index contributed by atoms with van der Waals surface area (Å²) in [6, 6.07) is 0.317. The first-order chi connectivity index (χ1) is 18.7. The van der Waals surface area contributed by atoms with Crippen LogP contribution in [0.2, 0.25) is 0 Å². The Bertz CT molecular complexity index is 909. The van der Waals surface area contributed by atoms with Gasteiger partial charge in [-0.2, -0.15) is 0 Å². The average molecular weight is 598 g/mol. The zero-order chi connectivity index (χ0) is 31.1. The number of hydrogen-bond acceptors (Lipinski definition) is 8. The van der Waals surface area contributed by atoms with Crippen LogP contribution in [0.15, 0.2) is 45.6 Å². The quantitative estimate of drug-likeness (QED) is 0.0579. The van der Waals surface area contributed by atoms with Gasteiger partial charge in [0.05, 0.1) is 0 Å². The van der Waals surface area contributed by atoms with Gasteiger partial charge >= 0.3 is 5.97 Å². The highest BCUT2D eigenvalue weighted by molar-refractivity contribution is 8.07. The van der Waals surface area contributed by atoms with Gasteiger partial charge in [0.1, 0.15) is 34.2 Å². The summed E-state index contributed by atoms with van der Waals surface area (Å²) in [4.78, 5) is 22.9. The van der Waals surface area contributed by atoms with Gasteiger partial charge < -0.3 is 25.1 Å².